The van der Waals surface area contributed by atoms with Crippen LogP contribution < -0.4 is 0 Å². The zero-order valence-electron chi connectivity index (χ0n) is 21.9. The van der Waals surface area contributed by atoms with E-state index < -0.39 is 17.8 Å². The third kappa shape index (κ3) is 5.57. The molecule has 1 N–H and O–H groups in total. The summed E-state index contributed by atoms with van der Waals surface area (Å²) in [5.74, 6) is -1.68. The summed E-state index contributed by atoms with van der Waals surface area (Å²) >= 11 is 0. The molecule has 2 aliphatic carbocycles. The predicted molar refractivity (Wildman–Crippen MR) is 148 cm³/mol. The highest BCUT2D eigenvalue weighted by Crippen LogP contribution is 2.35. The number of carboxylic acids is 1. The van der Waals surface area contributed by atoms with Gasteiger partial charge in [-0.2, -0.15) is 0 Å². The molecule has 5 heteroatoms. The van der Waals surface area contributed by atoms with Crippen molar-refractivity contribution < 1.29 is 19.5 Å². The van der Waals surface area contributed by atoms with E-state index >= 15 is 0 Å². The van der Waals surface area contributed by atoms with Crippen LogP contribution >= 0.6 is 0 Å². The lowest BCUT2D eigenvalue weighted by Gasteiger charge is -2.23. The Balaban J connectivity index is 1.24. The van der Waals surface area contributed by atoms with Gasteiger partial charge in [0.2, 0.25) is 5.91 Å². The molecule has 0 radical (unpaired) electrons. The Labute approximate surface area is 224 Å². The lowest BCUT2D eigenvalue weighted by Crippen LogP contribution is -2.32. The molecule has 3 unspecified atom stereocenters. The van der Waals surface area contributed by atoms with Gasteiger partial charge in [0, 0.05) is 31.0 Å². The Hall–Kier alpha value is -3.73. The number of aliphatic carboxylic acids is 1. The van der Waals surface area contributed by atoms with Crippen LogP contribution in [-0.2, 0) is 29.0 Å². The molecule has 3 aromatic rings. The van der Waals surface area contributed by atoms with Gasteiger partial charge in [-0.3, -0.25) is 14.4 Å². The number of carbonyl (C=O) groups is 3. The third-order valence-corrected chi connectivity index (χ3v) is 8.39. The fourth-order valence-electron chi connectivity index (χ4n) is 6.19. The van der Waals surface area contributed by atoms with Crippen molar-refractivity contribution in [3.05, 3.63) is 95.1 Å². The number of amides is 1. The van der Waals surface area contributed by atoms with Gasteiger partial charge < -0.3 is 10.0 Å². The van der Waals surface area contributed by atoms with Crippen molar-refractivity contribution in [3.8, 4) is 11.1 Å². The first-order chi connectivity index (χ1) is 18.4. The smallest absolute Gasteiger partial charge is 0.307 e. The largest absolute Gasteiger partial charge is 0.481 e. The number of fused-ring (bicyclic) bond motifs is 1. The van der Waals surface area contributed by atoms with Crippen LogP contribution in [0.1, 0.15) is 59.2 Å². The average molecular weight is 510 g/mol. The van der Waals surface area contributed by atoms with Crippen LogP contribution in [0, 0.1) is 17.8 Å². The molecule has 0 bridgehead atoms. The second kappa shape index (κ2) is 11.3. The summed E-state index contributed by atoms with van der Waals surface area (Å²) in [4.78, 5) is 39.6. The molecule has 1 saturated carbocycles. The fourth-order valence-corrected chi connectivity index (χ4v) is 6.19. The lowest BCUT2D eigenvalue weighted by molar-refractivity contribution is -0.142. The highest BCUT2D eigenvalue weighted by atomic mass is 16.4. The Bertz CT molecular complexity index is 1310. The zero-order chi connectivity index (χ0) is 26.6. The molecule has 3 atom stereocenters. The van der Waals surface area contributed by atoms with Crippen LogP contribution in [0.15, 0.2) is 72.8 Å². The molecule has 1 amide bonds. The number of hydrogen-bond acceptors (Lipinski definition) is 3. The molecule has 196 valence electrons. The van der Waals surface area contributed by atoms with E-state index in [1.165, 1.54) is 11.1 Å². The van der Waals surface area contributed by atoms with Crippen molar-refractivity contribution >= 4 is 17.7 Å². The van der Waals surface area contributed by atoms with E-state index in [1.54, 1.807) is 0 Å². The quantitative estimate of drug-likeness (QED) is 0.304. The Morgan fingerprint density at radius 2 is 1.45 bits per heavy atom. The van der Waals surface area contributed by atoms with Gasteiger partial charge in [-0.1, -0.05) is 79.2 Å². The topological polar surface area (TPSA) is 74.7 Å². The van der Waals surface area contributed by atoms with Crippen molar-refractivity contribution in [3.63, 3.8) is 0 Å². The van der Waals surface area contributed by atoms with E-state index in [2.05, 4.69) is 30.3 Å². The number of benzene rings is 3. The maximum Gasteiger partial charge on any atom is 0.307 e. The first-order valence-corrected chi connectivity index (χ1v) is 13.7. The molecule has 0 aliphatic heterocycles. The van der Waals surface area contributed by atoms with Crippen LogP contribution in [0.3, 0.4) is 0 Å². The standard InChI is InChI=1S/C33H35NO4/c1-34(21-22-6-3-2-4-7-22)32(36)26-16-12-24-13-18-27(20-28(24)19-17-26)23-10-14-25(15-11-23)31(35)29-8-5-9-30(29)33(37)38/h2-4,6-7,10-11,13-15,18,20,26,29-30H,5,8-9,12,16-17,19,21H2,1H3,(H,37,38). The van der Waals surface area contributed by atoms with Crippen LogP contribution in [-0.4, -0.2) is 34.7 Å². The first kappa shape index (κ1) is 25.9. The van der Waals surface area contributed by atoms with Gasteiger partial charge in [-0.15, -0.1) is 0 Å². The molecule has 0 saturated heterocycles. The molecule has 1 fully saturated rings. The predicted octanol–water partition coefficient (Wildman–Crippen LogP) is 6.19. The van der Waals surface area contributed by atoms with Crippen molar-refractivity contribution in [2.45, 2.75) is 51.5 Å². The number of nitrogens with zero attached hydrogens (tertiary/aromatic N) is 1. The Morgan fingerprint density at radius 1 is 0.789 bits per heavy atom. The van der Waals surface area contributed by atoms with Crippen LogP contribution in [0.5, 0.6) is 0 Å². The first-order valence-electron chi connectivity index (χ1n) is 13.7. The maximum absolute atomic E-state index is 13.2. The normalized spacial score (nSPS) is 20.8. The number of carboxylic acid groups (broad SMARTS) is 1. The van der Waals surface area contributed by atoms with Crippen molar-refractivity contribution in [2.24, 2.45) is 17.8 Å². The minimum atomic E-state index is -0.866. The number of Topliss-reactive ketones (excluding diaryl/α,β-unsaturated/α-hetero) is 1. The minimum Gasteiger partial charge on any atom is -0.481 e. The highest BCUT2D eigenvalue weighted by molar-refractivity contribution is 6.00. The van der Waals surface area contributed by atoms with Crippen molar-refractivity contribution in [1.82, 2.24) is 4.90 Å². The van der Waals surface area contributed by atoms with E-state index in [0.29, 0.717) is 24.9 Å². The molecule has 2 aliphatic rings. The van der Waals surface area contributed by atoms with E-state index in [9.17, 15) is 19.5 Å². The molecule has 3 aromatic carbocycles. The molecule has 38 heavy (non-hydrogen) atoms. The fraction of sp³-hybridized carbons (Fsp3) is 0.364. The molecule has 0 spiro atoms. The highest BCUT2D eigenvalue weighted by Gasteiger charge is 2.38. The van der Waals surface area contributed by atoms with Gasteiger partial charge in [0.25, 0.3) is 0 Å². The molecule has 5 rings (SSSR count). The van der Waals surface area contributed by atoms with Gasteiger partial charge in [-0.25, -0.2) is 0 Å². The average Bonchev–Trinajstić information content (AvgIpc) is 3.34. The van der Waals surface area contributed by atoms with E-state index in [0.717, 1.165) is 48.8 Å². The zero-order valence-corrected chi connectivity index (χ0v) is 21.9. The van der Waals surface area contributed by atoms with Crippen molar-refractivity contribution in [1.29, 1.82) is 0 Å². The number of ketones is 1. The van der Waals surface area contributed by atoms with E-state index in [-0.39, 0.29) is 17.6 Å². The van der Waals surface area contributed by atoms with E-state index in [4.69, 9.17) is 0 Å². The second-order valence-corrected chi connectivity index (χ2v) is 10.9. The minimum absolute atomic E-state index is 0.0232. The summed E-state index contributed by atoms with van der Waals surface area (Å²) < 4.78 is 0. The molecule has 0 aromatic heterocycles. The molecular weight excluding hydrogens is 474 g/mol. The summed E-state index contributed by atoms with van der Waals surface area (Å²) in [5.41, 5.74) is 6.45. The lowest BCUT2D eigenvalue weighted by atomic mass is 9.88. The SMILES string of the molecule is CN(Cc1ccccc1)C(=O)C1CCc2ccc(-c3ccc(C(=O)C4CCCC4C(=O)O)cc3)cc2CC1. The van der Waals surface area contributed by atoms with Crippen LogP contribution in [0.2, 0.25) is 0 Å². The van der Waals surface area contributed by atoms with Gasteiger partial charge >= 0.3 is 5.97 Å². The maximum atomic E-state index is 13.2. The van der Waals surface area contributed by atoms with E-state index in [1.807, 2.05) is 54.4 Å². The van der Waals surface area contributed by atoms with Gasteiger partial charge in [0.1, 0.15) is 0 Å². The third-order valence-electron chi connectivity index (χ3n) is 8.39. The Morgan fingerprint density at radius 3 is 2.16 bits per heavy atom. The van der Waals surface area contributed by atoms with Gasteiger partial charge in [0.05, 0.1) is 5.92 Å². The summed E-state index contributed by atoms with van der Waals surface area (Å²) in [6.07, 6.45) is 5.48. The molecular formula is C33H35NO4. The number of carbonyl (C=O) groups excluding carboxylic acids is 2. The number of hydrogen-bond donors (Lipinski definition) is 1. The number of rotatable bonds is 7. The second-order valence-electron chi connectivity index (χ2n) is 10.9. The van der Waals surface area contributed by atoms with Crippen LogP contribution in [0.25, 0.3) is 11.1 Å². The Kier molecular flexibility index (Phi) is 7.73. The van der Waals surface area contributed by atoms with Crippen LogP contribution in [0.4, 0.5) is 0 Å². The summed E-state index contributed by atoms with van der Waals surface area (Å²) in [6, 6.07) is 24.2. The monoisotopic (exact) mass is 509 g/mol. The summed E-state index contributed by atoms with van der Waals surface area (Å²) in [6.45, 7) is 0.628. The molecule has 5 nitrogen and oxygen atoms in total. The summed E-state index contributed by atoms with van der Waals surface area (Å²) in [5, 5.41) is 9.45. The molecule has 0 heterocycles. The van der Waals surface area contributed by atoms with Gasteiger partial charge in [0.15, 0.2) is 5.78 Å². The summed E-state index contributed by atoms with van der Waals surface area (Å²) in [7, 11) is 1.90. The van der Waals surface area contributed by atoms with Gasteiger partial charge in [-0.05, 0) is 66.3 Å². The number of aryl methyl sites for hydroxylation is 2. The van der Waals surface area contributed by atoms with Crippen molar-refractivity contribution in [2.75, 3.05) is 7.05 Å².